The van der Waals surface area contributed by atoms with Crippen LogP contribution < -0.4 is 10.1 Å². The molecule has 114 valence electrons. The van der Waals surface area contributed by atoms with Crippen molar-refractivity contribution in [3.63, 3.8) is 0 Å². The molecule has 0 spiro atoms. The summed E-state index contributed by atoms with van der Waals surface area (Å²) in [6, 6.07) is 1.84. The molecule has 6 nitrogen and oxygen atoms in total. The number of ether oxygens (including phenoxy) is 1. The molecule has 0 unspecified atom stereocenters. The molecule has 0 aromatic carbocycles. The molecule has 1 N–H and O–H groups in total. The molecule has 0 aliphatic rings. The minimum absolute atomic E-state index is 0.0946. The van der Waals surface area contributed by atoms with Gasteiger partial charge in [-0.3, -0.25) is 4.68 Å². The average molecular weight is 289 g/mol. The summed E-state index contributed by atoms with van der Waals surface area (Å²) in [5.41, 5.74) is 3.14. The first-order valence-electron chi connectivity index (χ1n) is 7.25. The second-order valence-electron chi connectivity index (χ2n) is 5.32. The predicted octanol–water partition coefficient (Wildman–Crippen LogP) is 2.48. The SMILES string of the molecule is CCc1nn(C)cc1CNc1nc(C)cc(OC(C)C)n1. The number of nitrogens with one attached hydrogen (secondary N) is 1. The minimum atomic E-state index is 0.0946. The van der Waals surface area contributed by atoms with Crippen LogP contribution in [0.1, 0.15) is 37.7 Å². The van der Waals surface area contributed by atoms with Gasteiger partial charge >= 0.3 is 0 Å². The highest BCUT2D eigenvalue weighted by Gasteiger charge is 2.08. The number of rotatable bonds is 6. The third-order valence-corrected chi connectivity index (χ3v) is 2.95. The summed E-state index contributed by atoms with van der Waals surface area (Å²) >= 11 is 0. The smallest absolute Gasteiger partial charge is 0.226 e. The Labute approximate surface area is 125 Å². The first-order chi connectivity index (χ1) is 9.97. The van der Waals surface area contributed by atoms with Crippen molar-refractivity contribution in [2.45, 2.75) is 46.8 Å². The molecule has 2 heterocycles. The summed E-state index contributed by atoms with van der Waals surface area (Å²) in [6.07, 6.45) is 3.03. The molecule has 0 radical (unpaired) electrons. The van der Waals surface area contributed by atoms with Crippen molar-refractivity contribution >= 4 is 5.95 Å². The van der Waals surface area contributed by atoms with Crippen LogP contribution >= 0.6 is 0 Å². The molecular formula is C15H23N5O. The fourth-order valence-corrected chi connectivity index (χ4v) is 2.12. The van der Waals surface area contributed by atoms with Gasteiger partial charge in [0.25, 0.3) is 0 Å². The van der Waals surface area contributed by atoms with E-state index >= 15 is 0 Å². The van der Waals surface area contributed by atoms with E-state index in [0.717, 1.165) is 23.4 Å². The molecule has 2 aromatic rings. The normalized spacial score (nSPS) is 11.0. The van der Waals surface area contributed by atoms with Gasteiger partial charge in [-0.2, -0.15) is 10.1 Å². The van der Waals surface area contributed by atoms with E-state index in [9.17, 15) is 0 Å². The lowest BCUT2D eigenvalue weighted by atomic mass is 10.2. The summed E-state index contributed by atoms with van der Waals surface area (Å²) in [6.45, 7) is 8.65. The van der Waals surface area contributed by atoms with E-state index in [1.54, 1.807) is 0 Å². The predicted molar refractivity (Wildman–Crippen MR) is 82.4 cm³/mol. The van der Waals surface area contributed by atoms with Gasteiger partial charge in [-0.05, 0) is 27.2 Å². The zero-order chi connectivity index (χ0) is 15.4. The van der Waals surface area contributed by atoms with Crippen LogP contribution in [0.25, 0.3) is 0 Å². The second-order valence-corrected chi connectivity index (χ2v) is 5.32. The molecule has 0 aliphatic carbocycles. The maximum atomic E-state index is 5.63. The summed E-state index contributed by atoms with van der Waals surface area (Å²) in [5.74, 6) is 1.18. The molecule has 21 heavy (non-hydrogen) atoms. The highest BCUT2D eigenvalue weighted by Crippen LogP contribution is 2.15. The molecule has 0 aliphatic heterocycles. The van der Waals surface area contributed by atoms with E-state index in [-0.39, 0.29) is 6.10 Å². The highest BCUT2D eigenvalue weighted by atomic mass is 16.5. The second kappa shape index (κ2) is 6.56. The molecule has 0 fully saturated rings. The number of hydrogen-bond donors (Lipinski definition) is 1. The quantitative estimate of drug-likeness (QED) is 0.885. The van der Waals surface area contributed by atoms with Crippen molar-refractivity contribution in [1.29, 1.82) is 0 Å². The van der Waals surface area contributed by atoms with E-state index in [2.05, 4.69) is 27.3 Å². The van der Waals surface area contributed by atoms with Crippen molar-refractivity contribution < 1.29 is 4.74 Å². The van der Waals surface area contributed by atoms with Gasteiger partial charge in [-0.25, -0.2) is 4.98 Å². The van der Waals surface area contributed by atoms with Crippen molar-refractivity contribution in [2.24, 2.45) is 7.05 Å². The zero-order valence-electron chi connectivity index (χ0n) is 13.3. The van der Waals surface area contributed by atoms with Gasteiger partial charge in [0, 0.05) is 37.1 Å². The number of anilines is 1. The van der Waals surface area contributed by atoms with Gasteiger partial charge < -0.3 is 10.1 Å². The Morgan fingerprint density at radius 3 is 2.76 bits per heavy atom. The van der Waals surface area contributed by atoms with Crippen molar-refractivity contribution in [3.8, 4) is 5.88 Å². The summed E-state index contributed by atoms with van der Waals surface area (Å²) in [5, 5.41) is 7.67. The Bertz CT molecular complexity index is 606. The van der Waals surface area contributed by atoms with E-state index < -0.39 is 0 Å². The number of aryl methyl sites for hydroxylation is 3. The lowest BCUT2D eigenvalue weighted by Gasteiger charge is -2.11. The van der Waals surface area contributed by atoms with Crippen LogP contribution in [0.4, 0.5) is 5.95 Å². The van der Waals surface area contributed by atoms with Crippen LogP contribution in [0.5, 0.6) is 5.88 Å². The molecular weight excluding hydrogens is 266 g/mol. The van der Waals surface area contributed by atoms with Crippen molar-refractivity contribution in [3.05, 3.63) is 29.2 Å². The lowest BCUT2D eigenvalue weighted by Crippen LogP contribution is -2.10. The maximum absolute atomic E-state index is 5.63. The fourth-order valence-electron chi connectivity index (χ4n) is 2.12. The van der Waals surface area contributed by atoms with Gasteiger partial charge in [-0.15, -0.1) is 0 Å². The van der Waals surface area contributed by atoms with Crippen LogP contribution in [0.15, 0.2) is 12.3 Å². The standard InChI is InChI=1S/C15H23N5O/c1-6-13-12(9-20(5)19-13)8-16-15-17-11(4)7-14(18-15)21-10(2)3/h7,9-10H,6,8H2,1-5H3,(H,16,17,18). The highest BCUT2D eigenvalue weighted by molar-refractivity contribution is 5.32. The van der Waals surface area contributed by atoms with E-state index in [0.29, 0.717) is 18.4 Å². The molecule has 0 atom stereocenters. The summed E-state index contributed by atoms with van der Waals surface area (Å²) < 4.78 is 7.46. The van der Waals surface area contributed by atoms with E-state index in [4.69, 9.17) is 4.74 Å². The van der Waals surface area contributed by atoms with E-state index in [1.165, 1.54) is 0 Å². The van der Waals surface area contributed by atoms with Crippen LogP contribution in [-0.4, -0.2) is 25.9 Å². The van der Waals surface area contributed by atoms with Gasteiger partial charge in [0.1, 0.15) is 0 Å². The first-order valence-corrected chi connectivity index (χ1v) is 7.25. The van der Waals surface area contributed by atoms with Gasteiger partial charge in [0.2, 0.25) is 11.8 Å². The zero-order valence-corrected chi connectivity index (χ0v) is 13.3. The molecule has 0 saturated heterocycles. The Morgan fingerprint density at radius 1 is 1.33 bits per heavy atom. The minimum Gasteiger partial charge on any atom is -0.475 e. The molecule has 2 aromatic heterocycles. The summed E-state index contributed by atoms with van der Waals surface area (Å²) in [4.78, 5) is 8.77. The third kappa shape index (κ3) is 4.18. The fraction of sp³-hybridized carbons (Fsp3) is 0.533. The van der Waals surface area contributed by atoms with Crippen molar-refractivity contribution in [2.75, 3.05) is 5.32 Å². The van der Waals surface area contributed by atoms with E-state index in [1.807, 2.05) is 44.8 Å². The van der Waals surface area contributed by atoms with Crippen LogP contribution in [0.2, 0.25) is 0 Å². The Balaban J connectivity index is 2.10. The Hall–Kier alpha value is -2.11. The van der Waals surface area contributed by atoms with Crippen LogP contribution in [0.3, 0.4) is 0 Å². The molecule has 2 rings (SSSR count). The molecule has 0 amide bonds. The number of aromatic nitrogens is 4. The number of nitrogens with zero attached hydrogens (tertiary/aromatic N) is 4. The Kier molecular flexibility index (Phi) is 4.77. The van der Waals surface area contributed by atoms with Crippen LogP contribution in [0, 0.1) is 6.92 Å². The van der Waals surface area contributed by atoms with Crippen molar-refractivity contribution in [1.82, 2.24) is 19.7 Å². The lowest BCUT2D eigenvalue weighted by molar-refractivity contribution is 0.232. The third-order valence-electron chi connectivity index (χ3n) is 2.95. The molecule has 6 heteroatoms. The largest absolute Gasteiger partial charge is 0.475 e. The average Bonchev–Trinajstić information content (AvgIpc) is 2.75. The Morgan fingerprint density at radius 2 is 2.10 bits per heavy atom. The van der Waals surface area contributed by atoms with Crippen LogP contribution in [-0.2, 0) is 20.0 Å². The molecule has 0 bridgehead atoms. The monoisotopic (exact) mass is 289 g/mol. The van der Waals surface area contributed by atoms with Gasteiger partial charge in [-0.1, -0.05) is 6.92 Å². The maximum Gasteiger partial charge on any atom is 0.226 e. The van der Waals surface area contributed by atoms with Gasteiger partial charge in [0.05, 0.1) is 11.8 Å². The summed E-state index contributed by atoms with van der Waals surface area (Å²) in [7, 11) is 1.93. The topological polar surface area (TPSA) is 64.9 Å². The first kappa shape index (κ1) is 15.3. The number of hydrogen-bond acceptors (Lipinski definition) is 5. The molecule has 0 saturated carbocycles. The van der Waals surface area contributed by atoms with Gasteiger partial charge in [0.15, 0.2) is 0 Å².